The molecule has 0 unspecified atom stereocenters. The molecule has 18 heavy (non-hydrogen) atoms. The van der Waals surface area contributed by atoms with E-state index in [4.69, 9.17) is 17.3 Å². The van der Waals surface area contributed by atoms with Gasteiger partial charge in [-0.05, 0) is 13.0 Å². The second kappa shape index (κ2) is 5.12. The number of rotatable bonds is 3. The Kier molecular flexibility index (Phi) is 3.73. The van der Waals surface area contributed by atoms with E-state index in [1.165, 1.54) is 12.1 Å². The van der Waals surface area contributed by atoms with Gasteiger partial charge >= 0.3 is 0 Å². The summed E-state index contributed by atoms with van der Waals surface area (Å²) in [5.41, 5.74) is 9.73. The molecule has 0 atom stereocenters. The zero-order valence-corrected chi connectivity index (χ0v) is 11.6. The van der Waals surface area contributed by atoms with Gasteiger partial charge in [0.1, 0.15) is 5.82 Å². The summed E-state index contributed by atoms with van der Waals surface area (Å²) in [6.45, 7) is 2.59. The standard InChI is InChI=1S/C12H13ClFN3S/c1-7-12(18-6-16-7)5-17(2)11-4-9(14)8(13)3-10(11)15/h3-4,6H,5,15H2,1-2H3. The van der Waals surface area contributed by atoms with E-state index in [2.05, 4.69) is 4.98 Å². The number of halogens is 2. The summed E-state index contributed by atoms with van der Waals surface area (Å²) in [4.78, 5) is 7.20. The molecule has 2 rings (SSSR count). The molecular formula is C12H13ClFN3S. The summed E-state index contributed by atoms with van der Waals surface area (Å²) < 4.78 is 13.5. The zero-order chi connectivity index (χ0) is 13.3. The molecule has 0 saturated heterocycles. The topological polar surface area (TPSA) is 42.2 Å². The highest BCUT2D eigenvalue weighted by Crippen LogP contribution is 2.30. The highest BCUT2D eigenvalue weighted by Gasteiger charge is 2.12. The molecule has 0 fully saturated rings. The SMILES string of the molecule is Cc1ncsc1CN(C)c1cc(F)c(Cl)cc1N. The van der Waals surface area contributed by atoms with Gasteiger partial charge in [-0.1, -0.05) is 11.6 Å². The Hall–Kier alpha value is -1.33. The molecular weight excluding hydrogens is 273 g/mol. The van der Waals surface area contributed by atoms with Gasteiger partial charge in [-0.25, -0.2) is 9.37 Å². The van der Waals surface area contributed by atoms with Crippen molar-refractivity contribution in [3.8, 4) is 0 Å². The number of aryl methyl sites for hydroxylation is 1. The van der Waals surface area contributed by atoms with Crippen molar-refractivity contribution in [3.05, 3.63) is 39.1 Å². The first-order valence-corrected chi connectivity index (χ1v) is 6.59. The van der Waals surface area contributed by atoms with E-state index < -0.39 is 5.82 Å². The van der Waals surface area contributed by atoms with Crippen LogP contribution in [0.5, 0.6) is 0 Å². The fourth-order valence-corrected chi connectivity index (χ4v) is 2.66. The summed E-state index contributed by atoms with van der Waals surface area (Å²) in [5, 5.41) is 0.0404. The van der Waals surface area contributed by atoms with Crippen LogP contribution in [0.25, 0.3) is 0 Å². The second-order valence-electron chi connectivity index (χ2n) is 4.04. The number of anilines is 2. The number of nitrogens with zero attached hydrogens (tertiary/aromatic N) is 2. The third-order valence-electron chi connectivity index (χ3n) is 2.71. The average Bonchev–Trinajstić information content (AvgIpc) is 2.69. The minimum Gasteiger partial charge on any atom is -0.397 e. The summed E-state index contributed by atoms with van der Waals surface area (Å²) in [5.74, 6) is -0.464. The van der Waals surface area contributed by atoms with Crippen molar-refractivity contribution >= 4 is 34.3 Å². The number of nitrogen functional groups attached to an aromatic ring is 1. The van der Waals surface area contributed by atoms with Crippen molar-refractivity contribution in [2.75, 3.05) is 17.7 Å². The lowest BCUT2D eigenvalue weighted by Crippen LogP contribution is -2.18. The maximum atomic E-state index is 13.5. The highest BCUT2D eigenvalue weighted by atomic mass is 35.5. The van der Waals surface area contributed by atoms with Crippen LogP contribution in [-0.4, -0.2) is 12.0 Å². The third-order valence-corrected chi connectivity index (χ3v) is 3.92. The first-order chi connectivity index (χ1) is 8.49. The molecule has 0 aliphatic heterocycles. The van der Waals surface area contributed by atoms with E-state index in [0.29, 0.717) is 17.9 Å². The summed E-state index contributed by atoms with van der Waals surface area (Å²) in [6, 6.07) is 2.79. The molecule has 3 nitrogen and oxygen atoms in total. The molecule has 0 aliphatic carbocycles. The van der Waals surface area contributed by atoms with Gasteiger partial charge in [0.25, 0.3) is 0 Å². The first kappa shape index (κ1) is 13.1. The van der Waals surface area contributed by atoms with Crippen LogP contribution in [0.2, 0.25) is 5.02 Å². The molecule has 1 aromatic heterocycles. The van der Waals surface area contributed by atoms with Crippen molar-refractivity contribution in [2.24, 2.45) is 0 Å². The summed E-state index contributed by atoms with van der Waals surface area (Å²) >= 11 is 7.25. The number of hydrogen-bond donors (Lipinski definition) is 1. The van der Waals surface area contributed by atoms with Gasteiger partial charge in [0.2, 0.25) is 0 Å². The van der Waals surface area contributed by atoms with Crippen LogP contribution in [0, 0.1) is 12.7 Å². The van der Waals surface area contributed by atoms with E-state index in [1.807, 2.05) is 18.9 Å². The van der Waals surface area contributed by atoms with E-state index >= 15 is 0 Å². The van der Waals surface area contributed by atoms with E-state index in [0.717, 1.165) is 10.6 Å². The average molecular weight is 286 g/mol. The van der Waals surface area contributed by atoms with Crippen LogP contribution >= 0.6 is 22.9 Å². The molecule has 0 aliphatic rings. The molecule has 0 amide bonds. The van der Waals surface area contributed by atoms with Gasteiger partial charge in [-0.2, -0.15) is 0 Å². The zero-order valence-electron chi connectivity index (χ0n) is 10.1. The molecule has 6 heteroatoms. The van der Waals surface area contributed by atoms with Crippen molar-refractivity contribution in [1.29, 1.82) is 0 Å². The van der Waals surface area contributed by atoms with Crippen LogP contribution in [0.1, 0.15) is 10.6 Å². The normalized spacial score (nSPS) is 10.7. The fourth-order valence-electron chi connectivity index (χ4n) is 1.66. The van der Waals surface area contributed by atoms with E-state index in [9.17, 15) is 4.39 Å². The van der Waals surface area contributed by atoms with Crippen molar-refractivity contribution < 1.29 is 4.39 Å². The Labute approximate surface area is 114 Å². The number of thiazole rings is 1. The molecule has 1 heterocycles. The Morgan fingerprint density at radius 3 is 2.83 bits per heavy atom. The Morgan fingerprint density at radius 1 is 1.50 bits per heavy atom. The van der Waals surface area contributed by atoms with Gasteiger partial charge < -0.3 is 10.6 Å². The third kappa shape index (κ3) is 2.57. The number of aromatic nitrogens is 1. The largest absolute Gasteiger partial charge is 0.397 e. The van der Waals surface area contributed by atoms with Crippen LogP contribution in [0.3, 0.4) is 0 Å². The minimum atomic E-state index is -0.464. The molecule has 0 saturated carbocycles. The van der Waals surface area contributed by atoms with Gasteiger partial charge in [-0.3, -0.25) is 0 Å². The van der Waals surface area contributed by atoms with Crippen LogP contribution in [-0.2, 0) is 6.54 Å². The molecule has 0 radical (unpaired) electrons. The smallest absolute Gasteiger partial charge is 0.144 e. The van der Waals surface area contributed by atoms with Gasteiger partial charge in [-0.15, -0.1) is 11.3 Å². The molecule has 2 aromatic rings. The highest BCUT2D eigenvalue weighted by molar-refractivity contribution is 7.09. The number of benzene rings is 1. The molecule has 0 bridgehead atoms. The lowest BCUT2D eigenvalue weighted by molar-refractivity contribution is 0.628. The van der Waals surface area contributed by atoms with Crippen molar-refractivity contribution in [2.45, 2.75) is 13.5 Å². The molecule has 1 aromatic carbocycles. The van der Waals surface area contributed by atoms with Gasteiger partial charge in [0.05, 0.1) is 34.1 Å². The second-order valence-corrected chi connectivity index (χ2v) is 5.39. The predicted octanol–water partition coefficient (Wildman–Crippen LogP) is 3.46. The quantitative estimate of drug-likeness (QED) is 0.878. The van der Waals surface area contributed by atoms with E-state index in [1.54, 1.807) is 16.8 Å². The molecule has 96 valence electrons. The van der Waals surface area contributed by atoms with Gasteiger partial charge in [0, 0.05) is 18.0 Å². The van der Waals surface area contributed by atoms with Crippen molar-refractivity contribution in [3.63, 3.8) is 0 Å². The minimum absolute atomic E-state index is 0.0404. The fraction of sp³-hybridized carbons (Fsp3) is 0.250. The van der Waals surface area contributed by atoms with Crippen LogP contribution in [0.4, 0.5) is 15.8 Å². The van der Waals surface area contributed by atoms with Gasteiger partial charge in [0.15, 0.2) is 0 Å². The van der Waals surface area contributed by atoms with Crippen LogP contribution < -0.4 is 10.6 Å². The number of hydrogen-bond acceptors (Lipinski definition) is 4. The Balaban J connectivity index is 2.26. The first-order valence-electron chi connectivity index (χ1n) is 5.33. The lowest BCUT2D eigenvalue weighted by Gasteiger charge is -2.21. The monoisotopic (exact) mass is 285 g/mol. The lowest BCUT2D eigenvalue weighted by atomic mass is 10.2. The van der Waals surface area contributed by atoms with Crippen LogP contribution in [0.15, 0.2) is 17.6 Å². The maximum Gasteiger partial charge on any atom is 0.144 e. The summed E-state index contributed by atoms with van der Waals surface area (Å²) in [6.07, 6.45) is 0. The molecule has 0 spiro atoms. The Morgan fingerprint density at radius 2 is 2.22 bits per heavy atom. The number of nitrogens with two attached hydrogens (primary N) is 1. The molecule has 2 N–H and O–H groups in total. The Bertz CT molecular complexity index is 570. The van der Waals surface area contributed by atoms with E-state index in [-0.39, 0.29) is 5.02 Å². The predicted molar refractivity (Wildman–Crippen MR) is 74.8 cm³/mol. The summed E-state index contributed by atoms with van der Waals surface area (Å²) in [7, 11) is 1.86. The van der Waals surface area contributed by atoms with Crippen molar-refractivity contribution in [1.82, 2.24) is 4.98 Å². The maximum absolute atomic E-state index is 13.5.